The monoisotopic (exact) mass is 351 g/mol. The normalized spacial score (nSPS) is 12.3. The predicted molar refractivity (Wildman–Crippen MR) is 104 cm³/mol. The molecule has 0 aliphatic heterocycles. The molecule has 26 heavy (non-hydrogen) atoms. The molecule has 2 aromatic heterocycles. The number of carbonyl (C=O) groups excluding carboxylic acids is 1. The second-order valence-corrected chi connectivity index (χ2v) is 6.29. The molecule has 0 aliphatic rings. The van der Waals surface area contributed by atoms with Crippen molar-refractivity contribution in [1.29, 1.82) is 0 Å². The van der Waals surface area contributed by atoms with E-state index >= 15 is 0 Å². The molecule has 0 radical (unpaired) electrons. The number of aromatic nitrogens is 3. The second-order valence-electron chi connectivity index (χ2n) is 6.29. The number of amides is 1. The van der Waals surface area contributed by atoms with Crippen molar-refractivity contribution in [1.82, 2.24) is 25.4 Å². The van der Waals surface area contributed by atoms with E-state index in [2.05, 4.69) is 29.6 Å². The van der Waals surface area contributed by atoms with Gasteiger partial charge in [-0.25, -0.2) is 9.67 Å². The highest BCUT2D eigenvalue weighted by Gasteiger charge is 2.17. The lowest BCUT2D eigenvalue weighted by molar-refractivity contribution is 0.0952. The summed E-state index contributed by atoms with van der Waals surface area (Å²) in [6, 6.07) is 12.0. The highest BCUT2D eigenvalue weighted by Crippen LogP contribution is 2.24. The number of benzene rings is 1. The van der Waals surface area contributed by atoms with E-state index in [9.17, 15) is 4.79 Å². The van der Waals surface area contributed by atoms with Crippen LogP contribution in [0.5, 0.6) is 0 Å². The number of nitrogens with one attached hydrogen (secondary N) is 2. The van der Waals surface area contributed by atoms with Crippen LogP contribution in [0.1, 0.15) is 31.1 Å². The van der Waals surface area contributed by atoms with Crippen LogP contribution in [0.2, 0.25) is 0 Å². The number of nitrogens with zero attached hydrogens (tertiary/aromatic N) is 3. The molecule has 0 unspecified atom stereocenters. The van der Waals surface area contributed by atoms with Crippen LogP contribution in [-0.4, -0.2) is 39.8 Å². The van der Waals surface area contributed by atoms with Gasteiger partial charge in [0.15, 0.2) is 5.65 Å². The van der Waals surface area contributed by atoms with Crippen LogP contribution in [0.4, 0.5) is 0 Å². The molecule has 0 fully saturated rings. The summed E-state index contributed by atoms with van der Waals surface area (Å²) < 4.78 is 1.82. The van der Waals surface area contributed by atoms with Crippen LogP contribution in [0.15, 0.2) is 42.6 Å². The third-order valence-corrected chi connectivity index (χ3v) is 4.34. The molecule has 6 heteroatoms. The molecule has 1 amide bonds. The Morgan fingerprint density at radius 2 is 2.00 bits per heavy atom. The minimum Gasteiger partial charge on any atom is -0.350 e. The Morgan fingerprint density at radius 3 is 2.69 bits per heavy atom. The Bertz CT molecular complexity index is 888. The van der Waals surface area contributed by atoms with Gasteiger partial charge < -0.3 is 10.6 Å². The summed E-state index contributed by atoms with van der Waals surface area (Å²) in [5, 5.41) is 11.5. The molecular weight excluding hydrogens is 326 g/mol. The summed E-state index contributed by atoms with van der Waals surface area (Å²) in [7, 11) is 0. The van der Waals surface area contributed by atoms with Gasteiger partial charge in [0, 0.05) is 24.7 Å². The Labute approximate surface area is 153 Å². The van der Waals surface area contributed by atoms with Crippen molar-refractivity contribution in [2.75, 3.05) is 13.1 Å². The largest absolute Gasteiger partial charge is 0.350 e. The fraction of sp³-hybridized carbons (Fsp3) is 0.350. The molecule has 136 valence electrons. The molecule has 3 aromatic rings. The summed E-state index contributed by atoms with van der Waals surface area (Å²) in [4.78, 5) is 17.6. The summed E-state index contributed by atoms with van der Waals surface area (Å²) in [5.74, 6) is -0.102. The molecule has 6 nitrogen and oxygen atoms in total. The van der Waals surface area contributed by atoms with Gasteiger partial charge in [-0.1, -0.05) is 37.3 Å². The fourth-order valence-electron chi connectivity index (χ4n) is 2.99. The Morgan fingerprint density at radius 1 is 1.23 bits per heavy atom. The van der Waals surface area contributed by atoms with E-state index in [4.69, 9.17) is 4.98 Å². The zero-order valence-electron chi connectivity index (χ0n) is 15.5. The van der Waals surface area contributed by atoms with Crippen LogP contribution >= 0.6 is 0 Å². The van der Waals surface area contributed by atoms with E-state index < -0.39 is 0 Å². The van der Waals surface area contributed by atoms with Gasteiger partial charge in [-0.2, -0.15) is 5.10 Å². The Balaban J connectivity index is 2.00. The number of aryl methyl sites for hydroxylation is 1. The van der Waals surface area contributed by atoms with Gasteiger partial charge in [-0.15, -0.1) is 0 Å². The van der Waals surface area contributed by atoms with Gasteiger partial charge in [0.1, 0.15) is 0 Å². The highest BCUT2D eigenvalue weighted by molar-refractivity contribution is 6.06. The summed E-state index contributed by atoms with van der Waals surface area (Å²) in [6.45, 7) is 8.26. The van der Waals surface area contributed by atoms with Crippen molar-refractivity contribution in [2.45, 2.75) is 33.4 Å². The van der Waals surface area contributed by atoms with Crippen LogP contribution in [-0.2, 0) is 6.54 Å². The van der Waals surface area contributed by atoms with E-state index in [1.807, 2.05) is 48.0 Å². The van der Waals surface area contributed by atoms with E-state index in [1.165, 1.54) is 0 Å². The molecule has 0 spiro atoms. The van der Waals surface area contributed by atoms with Crippen molar-refractivity contribution < 1.29 is 4.79 Å². The maximum Gasteiger partial charge on any atom is 0.252 e. The van der Waals surface area contributed by atoms with Gasteiger partial charge in [0.25, 0.3) is 5.91 Å². The Kier molecular flexibility index (Phi) is 5.63. The first-order chi connectivity index (χ1) is 12.6. The lowest BCUT2D eigenvalue weighted by Crippen LogP contribution is -2.38. The fourth-order valence-corrected chi connectivity index (χ4v) is 2.99. The topological polar surface area (TPSA) is 71.8 Å². The van der Waals surface area contributed by atoms with Crippen molar-refractivity contribution in [3.63, 3.8) is 0 Å². The Hall–Kier alpha value is -2.73. The summed E-state index contributed by atoms with van der Waals surface area (Å²) >= 11 is 0. The number of hydrogen-bond acceptors (Lipinski definition) is 4. The quantitative estimate of drug-likeness (QED) is 0.687. The average molecular weight is 351 g/mol. The van der Waals surface area contributed by atoms with Crippen molar-refractivity contribution in [3.05, 3.63) is 48.2 Å². The van der Waals surface area contributed by atoms with Gasteiger partial charge in [0.05, 0.1) is 22.8 Å². The molecule has 0 aliphatic carbocycles. The lowest BCUT2D eigenvalue weighted by atomic mass is 10.1. The molecule has 3 rings (SSSR count). The smallest absolute Gasteiger partial charge is 0.252 e. The van der Waals surface area contributed by atoms with Crippen molar-refractivity contribution in [2.24, 2.45) is 0 Å². The predicted octanol–water partition coefficient (Wildman–Crippen LogP) is 2.85. The second kappa shape index (κ2) is 8.10. The zero-order chi connectivity index (χ0) is 18.5. The lowest BCUT2D eigenvalue weighted by Gasteiger charge is -2.14. The third-order valence-electron chi connectivity index (χ3n) is 4.34. The van der Waals surface area contributed by atoms with E-state index in [1.54, 1.807) is 6.20 Å². The first-order valence-electron chi connectivity index (χ1n) is 9.07. The minimum absolute atomic E-state index is 0.102. The maximum absolute atomic E-state index is 12.8. The van der Waals surface area contributed by atoms with Crippen LogP contribution in [0.3, 0.4) is 0 Å². The maximum atomic E-state index is 12.8. The van der Waals surface area contributed by atoms with E-state index in [0.717, 1.165) is 28.8 Å². The van der Waals surface area contributed by atoms with Gasteiger partial charge in [-0.3, -0.25) is 4.79 Å². The minimum atomic E-state index is -0.102. The molecule has 0 saturated carbocycles. The first-order valence-corrected chi connectivity index (χ1v) is 9.07. The molecule has 1 atom stereocenters. The van der Waals surface area contributed by atoms with Crippen LogP contribution < -0.4 is 10.6 Å². The molecule has 0 bridgehead atoms. The molecule has 1 aromatic carbocycles. The molecule has 0 saturated heterocycles. The first kappa shape index (κ1) is 18.1. The van der Waals surface area contributed by atoms with Crippen LogP contribution in [0, 0.1) is 0 Å². The number of hydrogen-bond donors (Lipinski definition) is 2. The molecule has 2 heterocycles. The standard InChI is InChI=1S/C20H25N5O/c1-4-21-14(3)12-22-20(26)16-11-18(15-9-7-6-8-10-15)24-19-17(16)13-23-25(19)5-2/h6-11,13-14,21H,4-5,12H2,1-3H3,(H,22,26)/t14-/m1/s1. The number of pyridine rings is 1. The summed E-state index contributed by atoms with van der Waals surface area (Å²) in [6.07, 6.45) is 1.73. The van der Waals surface area contributed by atoms with Crippen molar-refractivity contribution >= 4 is 16.9 Å². The molecular formula is C20H25N5O. The highest BCUT2D eigenvalue weighted by atomic mass is 16.1. The summed E-state index contributed by atoms with van der Waals surface area (Å²) in [5.41, 5.74) is 3.10. The SMILES string of the molecule is CCN[C@H](C)CNC(=O)c1cc(-c2ccccc2)nc2c1cnn2CC. The van der Waals surface area contributed by atoms with Gasteiger partial charge in [-0.05, 0) is 26.5 Å². The number of likely N-dealkylation sites (N-methyl/N-ethyl adjacent to an activating group) is 1. The number of carbonyl (C=O) groups is 1. The average Bonchev–Trinajstić information content (AvgIpc) is 3.09. The van der Waals surface area contributed by atoms with Crippen LogP contribution in [0.25, 0.3) is 22.3 Å². The third kappa shape index (κ3) is 3.75. The van der Waals surface area contributed by atoms with Crippen molar-refractivity contribution in [3.8, 4) is 11.3 Å². The van der Waals surface area contributed by atoms with Gasteiger partial charge >= 0.3 is 0 Å². The number of rotatable bonds is 7. The van der Waals surface area contributed by atoms with E-state index in [0.29, 0.717) is 18.7 Å². The molecule has 2 N–H and O–H groups in total. The number of fused-ring (bicyclic) bond motifs is 1. The zero-order valence-corrected chi connectivity index (χ0v) is 15.5. The van der Waals surface area contributed by atoms with E-state index in [-0.39, 0.29) is 11.9 Å². The van der Waals surface area contributed by atoms with Gasteiger partial charge in [0.2, 0.25) is 0 Å².